The monoisotopic (exact) mass is 381 g/mol. The van der Waals surface area contributed by atoms with Gasteiger partial charge in [0.25, 0.3) is 0 Å². The smallest absolute Gasteiger partial charge is 0.167 e. The Kier molecular flexibility index (Phi) is 6.42. The van der Waals surface area contributed by atoms with E-state index in [9.17, 15) is 4.39 Å². The molecule has 0 amide bonds. The van der Waals surface area contributed by atoms with E-state index in [1.54, 1.807) is 25.3 Å². The molecule has 0 spiro atoms. The quantitative estimate of drug-likeness (QED) is 0.755. The number of halogens is 2. The summed E-state index contributed by atoms with van der Waals surface area (Å²) in [5.41, 5.74) is 1.46. The zero-order valence-corrected chi connectivity index (χ0v) is 15.1. The molecule has 0 aliphatic rings. The van der Waals surface area contributed by atoms with Crippen molar-refractivity contribution in [3.05, 3.63) is 57.8 Å². The van der Waals surface area contributed by atoms with Crippen LogP contribution in [0.2, 0.25) is 0 Å². The zero-order chi connectivity index (χ0) is 16.8. The molecule has 1 N–H and O–H groups in total. The molecule has 0 saturated carbocycles. The van der Waals surface area contributed by atoms with Crippen molar-refractivity contribution in [2.75, 3.05) is 7.11 Å². The number of rotatable bonds is 7. The van der Waals surface area contributed by atoms with Crippen LogP contribution in [0.15, 0.2) is 40.9 Å². The van der Waals surface area contributed by atoms with Crippen LogP contribution >= 0.6 is 15.9 Å². The van der Waals surface area contributed by atoms with Gasteiger partial charge in [-0.25, -0.2) is 4.39 Å². The van der Waals surface area contributed by atoms with Gasteiger partial charge in [-0.05, 0) is 18.2 Å². The van der Waals surface area contributed by atoms with Crippen molar-refractivity contribution in [1.82, 2.24) is 5.32 Å². The number of hydrogen-bond acceptors (Lipinski definition) is 3. The van der Waals surface area contributed by atoms with Gasteiger partial charge in [0.1, 0.15) is 12.4 Å². The molecule has 0 bridgehead atoms. The third kappa shape index (κ3) is 4.69. The van der Waals surface area contributed by atoms with Crippen molar-refractivity contribution in [1.29, 1.82) is 0 Å². The first kappa shape index (κ1) is 17.8. The van der Waals surface area contributed by atoms with Gasteiger partial charge in [0.15, 0.2) is 11.5 Å². The molecule has 5 heteroatoms. The van der Waals surface area contributed by atoms with Crippen LogP contribution in [0.4, 0.5) is 4.39 Å². The second-order valence-corrected chi connectivity index (χ2v) is 6.33. The minimum Gasteiger partial charge on any atom is -0.493 e. The Morgan fingerprint density at radius 2 is 1.91 bits per heavy atom. The van der Waals surface area contributed by atoms with E-state index in [2.05, 4.69) is 35.1 Å². The highest BCUT2D eigenvalue weighted by atomic mass is 79.9. The molecule has 3 nitrogen and oxygen atoms in total. The summed E-state index contributed by atoms with van der Waals surface area (Å²) in [6.07, 6.45) is 0. The Hall–Kier alpha value is -1.59. The van der Waals surface area contributed by atoms with Gasteiger partial charge < -0.3 is 14.8 Å². The van der Waals surface area contributed by atoms with Crippen molar-refractivity contribution >= 4 is 15.9 Å². The van der Waals surface area contributed by atoms with Gasteiger partial charge in [-0.2, -0.15) is 0 Å². The average molecular weight is 382 g/mol. The van der Waals surface area contributed by atoms with Crippen molar-refractivity contribution in [3.63, 3.8) is 0 Å². The third-order valence-corrected chi connectivity index (χ3v) is 4.15. The summed E-state index contributed by atoms with van der Waals surface area (Å²) in [6.45, 7) is 4.93. The molecule has 0 saturated heterocycles. The summed E-state index contributed by atoms with van der Waals surface area (Å²) in [5, 5.41) is 3.36. The maximum atomic E-state index is 13.8. The van der Waals surface area contributed by atoms with Gasteiger partial charge in [0.2, 0.25) is 0 Å². The largest absolute Gasteiger partial charge is 0.493 e. The van der Waals surface area contributed by atoms with Crippen molar-refractivity contribution < 1.29 is 13.9 Å². The summed E-state index contributed by atoms with van der Waals surface area (Å²) < 4.78 is 26.0. The van der Waals surface area contributed by atoms with E-state index in [1.165, 1.54) is 6.07 Å². The fraction of sp³-hybridized carbons (Fsp3) is 0.333. The Labute approximate surface area is 144 Å². The van der Waals surface area contributed by atoms with Crippen LogP contribution in [0.25, 0.3) is 0 Å². The molecule has 124 valence electrons. The molecule has 0 atom stereocenters. The van der Waals surface area contributed by atoms with Crippen LogP contribution in [0.3, 0.4) is 0 Å². The number of hydrogen-bond donors (Lipinski definition) is 1. The highest BCUT2D eigenvalue weighted by Crippen LogP contribution is 2.37. The van der Waals surface area contributed by atoms with Gasteiger partial charge in [0.05, 0.1) is 7.11 Å². The topological polar surface area (TPSA) is 30.5 Å². The fourth-order valence-corrected chi connectivity index (χ4v) is 2.59. The first-order valence-electron chi connectivity index (χ1n) is 7.48. The first-order valence-corrected chi connectivity index (χ1v) is 8.27. The van der Waals surface area contributed by atoms with Gasteiger partial charge >= 0.3 is 0 Å². The SMILES string of the molecule is COc1ccc(Br)c(CNC(C)C)c1OCc1ccccc1F. The molecule has 23 heavy (non-hydrogen) atoms. The molecule has 0 aliphatic carbocycles. The Bertz CT molecular complexity index is 661. The highest BCUT2D eigenvalue weighted by Gasteiger charge is 2.15. The third-order valence-electron chi connectivity index (χ3n) is 3.40. The van der Waals surface area contributed by atoms with Gasteiger partial charge in [-0.3, -0.25) is 0 Å². The van der Waals surface area contributed by atoms with E-state index in [0.717, 1.165) is 10.0 Å². The molecule has 0 heterocycles. The summed E-state index contributed by atoms with van der Waals surface area (Å²) in [5.74, 6) is 0.978. The predicted octanol–water partition coefficient (Wildman–Crippen LogP) is 4.67. The number of benzene rings is 2. The van der Waals surface area contributed by atoms with E-state index in [4.69, 9.17) is 9.47 Å². The van der Waals surface area contributed by atoms with Crippen LogP contribution < -0.4 is 14.8 Å². The Morgan fingerprint density at radius 3 is 2.57 bits per heavy atom. The van der Waals surface area contributed by atoms with Crippen LogP contribution in [0, 0.1) is 5.82 Å². The maximum absolute atomic E-state index is 13.8. The second-order valence-electron chi connectivity index (χ2n) is 5.47. The molecule has 2 aromatic carbocycles. The molecule has 0 unspecified atom stereocenters. The zero-order valence-electron chi connectivity index (χ0n) is 13.5. The Morgan fingerprint density at radius 1 is 1.17 bits per heavy atom. The average Bonchev–Trinajstić information content (AvgIpc) is 2.53. The van der Waals surface area contributed by atoms with E-state index >= 15 is 0 Å². The van der Waals surface area contributed by atoms with Gasteiger partial charge in [0, 0.05) is 28.2 Å². The number of nitrogens with one attached hydrogen (secondary N) is 1. The highest BCUT2D eigenvalue weighted by molar-refractivity contribution is 9.10. The lowest BCUT2D eigenvalue weighted by Gasteiger charge is -2.18. The van der Waals surface area contributed by atoms with E-state index < -0.39 is 0 Å². The molecule has 2 rings (SSSR count). The standard InChI is InChI=1S/C18H21BrFNO2/c1-12(2)21-10-14-15(19)8-9-17(22-3)18(14)23-11-13-6-4-5-7-16(13)20/h4-9,12,21H,10-11H2,1-3H3. The number of methoxy groups -OCH3 is 1. The van der Waals surface area contributed by atoms with E-state index in [0.29, 0.717) is 29.6 Å². The molecular formula is C18H21BrFNO2. The minimum atomic E-state index is -0.275. The van der Waals surface area contributed by atoms with Crippen molar-refractivity contribution in [3.8, 4) is 11.5 Å². The van der Waals surface area contributed by atoms with Crippen LogP contribution in [0.5, 0.6) is 11.5 Å². The molecule has 0 aromatic heterocycles. The van der Waals surface area contributed by atoms with E-state index in [1.807, 2.05) is 12.1 Å². The summed E-state index contributed by atoms with van der Waals surface area (Å²) in [7, 11) is 1.60. The van der Waals surface area contributed by atoms with E-state index in [-0.39, 0.29) is 12.4 Å². The second kappa shape index (κ2) is 8.31. The van der Waals surface area contributed by atoms with Crippen LogP contribution in [0.1, 0.15) is 25.0 Å². The van der Waals surface area contributed by atoms with Crippen LogP contribution in [-0.2, 0) is 13.2 Å². The first-order chi connectivity index (χ1) is 11.0. The molecule has 0 aliphatic heterocycles. The lowest BCUT2D eigenvalue weighted by atomic mass is 10.1. The maximum Gasteiger partial charge on any atom is 0.167 e. The molecule has 0 fully saturated rings. The lowest BCUT2D eigenvalue weighted by molar-refractivity contribution is 0.275. The predicted molar refractivity (Wildman–Crippen MR) is 93.4 cm³/mol. The molecule has 0 radical (unpaired) electrons. The summed E-state index contributed by atoms with van der Waals surface area (Å²) in [6, 6.07) is 10.7. The molecule has 2 aromatic rings. The molecular weight excluding hydrogens is 361 g/mol. The minimum absolute atomic E-state index is 0.147. The normalized spacial score (nSPS) is 10.9. The van der Waals surface area contributed by atoms with Crippen molar-refractivity contribution in [2.24, 2.45) is 0 Å². The van der Waals surface area contributed by atoms with Crippen LogP contribution in [-0.4, -0.2) is 13.2 Å². The fourth-order valence-electron chi connectivity index (χ4n) is 2.14. The van der Waals surface area contributed by atoms with Crippen molar-refractivity contribution in [2.45, 2.75) is 33.0 Å². The Balaban J connectivity index is 2.27. The van der Waals surface area contributed by atoms with Gasteiger partial charge in [-0.15, -0.1) is 0 Å². The number of ether oxygens (including phenoxy) is 2. The van der Waals surface area contributed by atoms with Gasteiger partial charge in [-0.1, -0.05) is 48.0 Å². The summed E-state index contributed by atoms with van der Waals surface area (Å²) in [4.78, 5) is 0. The summed E-state index contributed by atoms with van der Waals surface area (Å²) >= 11 is 3.55. The lowest BCUT2D eigenvalue weighted by Crippen LogP contribution is -2.22.